The van der Waals surface area contributed by atoms with Gasteiger partial charge in [0.25, 0.3) is 5.89 Å². The molecule has 0 saturated carbocycles. The van der Waals surface area contributed by atoms with Crippen LogP contribution in [0, 0.1) is 0 Å². The van der Waals surface area contributed by atoms with Crippen molar-refractivity contribution in [3.8, 4) is 11.6 Å². The minimum atomic E-state index is -4.41. The topological polar surface area (TPSA) is 51.8 Å². The normalized spacial score (nSPS) is 13.5. The minimum Gasteiger partial charge on any atom is -0.418 e. The molecule has 0 amide bonds. The Morgan fingerprint density at radius 3 is 2.58 bits per heavy atom. The zero-order valence-electron chi connectivity index (χ0n) is 9.78. The van der Waals surface area contributed by atoms with Crippen LogP contribution in [-0.4, -0.2) is 15.2 Å². The van der Waals surface area contributed by atoms with Crippen molar-refractivity contribution < 1.29 is 17.6 Å². The van der Waals surface area contributed by atoms with Crippen LogP contribution in [0.4, 0.5) is 13.2 Å². The van der Waals surface area contributed by atoms with Crippen molar-refractivity contribution in [1.29, 1.82) is 0 Å². The highest BCUT2D eigenvalue weighted by Crippen LogP contribution is 2.30. The third-order valence-electron chi connectivity index (χ3n) is 2.38. The van der Waals surface area contributed by atoms with Gasteiger partial charge in [-0.1, -0.05) is 22.9 Å². The lowest BCUT2D eigenvalue weighted by molar-refractivity contribution is -0.137. The Bertz CT molecular complexity index is 553. The lowest BCUT2D eigenvalue weighted by Crippen LogP contribution is -2.05. The summed E-state index contributed by atoms with van der Waals surface area (Å²) in [7, 11) is 0. The Kier molecular flexibility index (Phi) is 3.88. The van der Waals surface area contributed by atoms with Gasteiger partial charge >= 0.3 is 6.18 Å². The first-order chi connectivity index (χ1) is 8.91. The first-order valence-electron chi connectivity index (χ1n) is 5.43. The van der Waals surface area contributed by atoms with Crippen molar-refractivity contribution in [3.05, 3.63) is 29.8 Å². The number of rotatable bonds is 3. The molecule has 0 aliphatic heterocycles. The molecule has 2 rings (SSSR count). The molecule has 19 heavy (non-hydrogen) atoms. The van der Waals surface area contributed by atoms with Gasteiger partial charge in [-0.05, 0) is 18.6 Å². The molecular weight excluding hydrogens is 327 g/mol. The molecule has 102 valence electrons. The van der Waals surface area contributed by atoms with Crippen molar-refractivity contribution in [2.45, 2.75) is 24.3 Å². The van der Waals surface area contributed by atoms with E-state index in [0.29, 0.717) is 5.89 Å². The van der Waals surface area contributed by atoms with Crippen molar-refractivity contribution in [3.63, 3.8) is 0 Å². The van der Waals surface area contributed by atoms with Crippen molar-refractivity contribution in [1.82, 2.24) is 15.2 Å². The molecule has 8 heteroatoms. The van der Waals surface area contributed by atoms with Crippen molar-refractivity contribution in [2.75, 3.05) is 0 Å². The molecule has 2 aromatic heterocycles. The number of hydrogen-bond acceptors (Lipinski definition) is 4. The summed E-state index contributed by atoms with van der Waals surface area (Å²) in [6.45, 7) is 1.93. The zero-order valence-corrected chi connectivity index (χ0v) is 11.4. The Morgan fingerprint density at radius 2 is 2.05 bits per heavy atom. The highest BCUT2D eigenvalue weighted by atomic mass is 79.9. The van der Waals surface area contributed by atoms with Gasteiger partial charge in [-0.15, -0.1) is 10.2 Å². The number of halogens is 4. The van der Waals surface area contributed by atoms with Gasteiger partial charge in [-0.2, -0.15) is 13.2 Å². The van der Waals surface area contributed by atoms with Crippen LogP contribution in [0.15, 0.2) is 22.7 Å². The molecule has 4 nitrogen and oxygen atoms in total. The molecule has 1 unspecified atom stereocenters. The molecule has 0 bridgehead atoms. The zero-order chi connectivity index (χ0) is 14.0. The highest BCUT2D eigenvalue weighted by molar-refractivity contribution is 9.09. The maximum absolute atomic E-state index is 12.4. The second-order valence-electron chi connectivity index (χ2n) is 3.75. The predicted molar refractivity (Wildman–Crippen MR) is 64.5 cm³/mol. The molecule has 0 fully saturated rings. The summed E-state index contributed by atoms with van der Waals surface area (Å²) in [6.07, 6.45) is -2.92. The standard InChI is InChI=1S/C11H9BrF3N3O/c1-2-7(12)9-17-18-10(19-9)8-4-3-6(5-16-8)11(13,14)15/h3-5,7H,2H2,1H3. The van der Waals surface area contributed by atoms with Gasteiger partial charge in [0.2, 0.25) is 5.89 Å². The molecule has 0 spiro atoms. The molecule has 2 aromatic rings. The summed E-state index contributed by atoms with van der Waals surface area (Å²) in [5.41, 5.74) is -0.606. The SMILES string of the molecule is CCC(Br)c1nnc(-c2ccc(C(F)(F)F)cn2)o1. The summed E-state index contributed by atoms with van der Waals surface area (Å²) >= 11 is 3.34. The summed E-state index contributed by atoms with van der Waals surface area (Å²) in [5.74, 6) is 0.473. The smallest absolute Gasteiger partial charge is 0.417 e. The van der Waals surface area contributed by atoms with Gasteiger partial charge < -0.3 is 4.42 Å². The summed E-state index contributed by atoms with van der Waals surface area (Å²) in [4.78, 5) is 3.60. The molecule has 0 aliphatic rings. The van der Waals surface area contributed by atoms with Gasteiger partial charge in [0.1, 0.15) is 5.69 Å². The Balaban J connectivity index is 2.25. The highest BCUT2D eigenvalue weighted by Gasteiger charge is 2.30. The maximum atomic E-state index is 12.4. The largest absolute Gasteiger partial charge is 0.418 e. The average Bonchev–Trinajstić information content (AvgIpc) is 2.86. The second-order valence-corrected chi connectivity index (χ2v) is 4.86. The average molecular weight is 336 g/mol. The second kappa shape index (κ2) is 5.28. The lowest BCUT2D eigenvalue weighted by Gasteiger charge is -2.05. The fourth-order valence-corrected chi connectivity index (χ4v) is 1.51. The number of nitrogens with zero attached hydrogens (tertiary/aromatic N) is 3. The fraction of sp³-hybridized carbons (Fsp3) is 0.364. The lowest BCUT2D eigenvalue weighted by atomic mass is 10.2. The van der Waals surface area contributed by atoms with Gasteiger partial charge in [0.15, 0.2) is 0 Å². The van der Waals surface area contributed by atoms with E-state index in [-0.39, 0.29) is 16.4 Å². The number of hydrogen-bond donors (Lipinski definition) is 0. The number of aromatic nitrogens is 3. The minimum absolute atomic E-state index is 0.0804. The molecule has 0 saturated heterocycles. The van der Waals surface area contributed by atoms with Crippen LogP contribution < -0.4 is 0 Å². The van der Waals surface area contributed by atoms with Crippen LogP contribution in [0.3, 0.4) is 0 Å². The van der Waals surface area contributed by atoms with Crippen LogP contribution in [0.25, 0.3) is 11.6 Å². The Labute approximate surface area is 115 Å². The molecule has 1 atom stereocenters. The van der Waals surface area contributed by atoms with Gasteiger partial charge in [0.05, 0.1) is 10.4 Å². The maximum Gasteiger partial charge on any atom is 0.417 e. The number of pyridine rings is 1. The van der Waals surface area contributed by atoms with Crippen LogP contribution >= 0.6 is 15.9 Å². The molecule has 0 N–H and O–H groups in total. The van der Waals surface area contributed by atoms with Crippen molar-refractivity contribution >= 4 is 15.9 Å². The van der Waals surface area contributed by atoms with E-state index in [2.05, 4.69) is 31.1 Å². The van der Waals surface area contributed by atoms with Crippen molar-refractivity contribution in [2.24, 2.45) is 0 Å². The van der Waals surface area contributed by atoms with E-state index >= 15 is 0 Å². The fourth-order valence-electron chi connectivity index (χ4n) is 1.33. The van der Waals surface area contributed by atoms with Crippen LogP contribution in [0.2, 0.25) is 0 Å². The summed E-state index contributed by atoms with van der Waals surface area (Å²) in [6, 6.07) is 2.13. The van der Waals surface area contributed by atoms with E-state index in [0.717, 1.165) is 18.7 Å². The van der Waals surface area contributed by atoms with E-state index in [1.165, 1.54) is 6.07 Å². The van der Waals surface area contributed by atoms with Crippen LogP contribution in [0.1, 0.15) is 29.6 Å². The Morgan fingerprint density at radius 1 is 1.32 bits per heavy atom. The first kappa shape index (κ1) is 14.0. The molecule has 0 radical (unpaired) electrons. The quantitative estimate of drug-likeness (QED) is 0.795. The third kappa shape index (κ3) is 3.12. The van der Waals surface area contributed by atoms with E-state index in [1.807, 2.05) is 6.92 Å². The van der Waals surface area contributed by atoms with Crippen LogP contribution in [0.5, 0.6) is 0 Å². The molecule has 2 heterocycles. The van der Waals surface area contributed by atoms with E-state index in [9.17, 15) is 13.2 Å². The van der Waals surface area contributed by atoms with Gasteiger partial charge in [0, 0.05) is 6.20 Å². The van der Waals surface area contributed by atoms with E-state index < -0.39 is 11.7 Å². The third-order valence-corrected chi connectivity index (χ3v) is 3.42. The summed E-state index contributed by atoms with van der Waals surface area (Å²) < 4.78 is 42.5. The monoisotopic (exact) mass is 335 g/mol. The first-order valence-corrected chi connectivity index (χ1v) is 6.34. The van der Waals surface area contributed by atoms with Gasteiger partial charge in [-0.3, -0.25) is 4.98 Å². The molecule has 0 aromatic carbocycles. The molecular formula is C11H9BrF3N3O. The molecule has 0 aliphatic carbocycles. The number of alkyl halides is 4. The van der Waals surface area contributed by atoms with Gasteiger partial charge in [-0.25, -0.2) is 0 Å². The Hall–Kier alpha value is -1.44. The van der Waals surface area contributed by atoms with Crippen LogP contribution in [-0.2, 0) is 6.18 Å². The van der Waals surface area contributed by atoms with E-state index in [1.54, 1.807) is 0 Å². The van der Waals surface area contributed by atoms with E-state index in [4.69, 9.17) is 4.42 Å². The predicted octanol–water partition coefficient (Wildman–Crippen LogP) is 4.00. The summed E-state index contributed by atoms with van der Waals surface area (Å²) in [5, 5.41) is 7.57.